The van der Waals surface area contributed by atoms with E-state index in [-0.39, 0.29) is 18.1 Å². The number of allylic oxidation sites excluding steroid dienone is 1. The van der Waals surface area contributed by atoms with Crippen molar-refractivity contribution in [3.8, 4) is 17.2 Å². The van der Waals surface area contributed by atoms with Gasteiger partial charge in [-0.3, -0.25) is 0 Å². The minimum absolute atomic E-state index is 0.0820. The summed E-state index contributed by atoms with van der Waals surface area (Å²) in [5, 5.41) is 9.44. The maximum Gasteiger partial charge on any atom is 0.348 e. The fourth-order valence-electron chi connectivity index (χ4n) is 3.26. The molecule has 0 aliphatic heterocycles. The van der Waals surface area contributed by atoms with Crippen LogP contribution in [0.1, 0.15) is 30.9 Å². The van der Waals surface area contributed by atoms with Gasteiger partial charge >= 0.3 is 5.97 Å². The molecule has 3 rings (SSSR count). The summed E-state index contributed by atoms with van der Waals surface area (Å²) in [6.45, 7) is 3.84. The maximum absolute atomic E-state index is 12.1. The second-order valence-electron chi connectivity index (χ2n) is 5.50. The molecule has 114 valence electrons. The van der Waals surface area contributed by atoms with Crippen molar-refractivity contribution in [1.82, 2.24) is 0 Å². The molecule has 0 saturated heterocycles. The molecule has 0 aromatic heterocycles. The van der Waals surface area contributed by atoms with E-state index < -0.39 is 5.97 Å². The summed E-state index contributed by atoms with van der Waals surface area (Å²) in [6, 6.07) is 18.3. The lowest BCUT2D eigenvalue weighted by molar-refractivity contribution is -0.138. The van der Waals surface area contributed by atoms with Crippen molar-refractivity contribution in [3.05, 3.63) is 70.8 Å². The monoisotopic (exact) mass is 303 g/mol. The first-order valence-electron chi connectivity index (χ1n) is 7.65. The molecule has 0 heterocycles. The number of hydrogen-bond acceptors (Lipinski definition) is 3. The summed E-state index contributed by atoms with van der Waals surface area (Å²) in [7, 11) is 0. The van der Waals surface area contributed by atoms with Crippen LogP contribution in [0.5, 0.6) is 0 Å². The minimum atomic E-state index is -0.547. The molecule has 0 spiro atoms. The Morgan fingerprint density at radius 3 is 2.09 bits per heavy atom. The number of benzene rings is 2. The molecule has 23 heavy (non-hydrogen) atoms. The number of rotatable bonds is 3. The van der Waals surface area contributed by atoms with Crippen molar-refractivity contribution in [3.63, 3.8) is 0 Å². The molecule has 0 saturated carbocycles. The zero-order valence-corrected chi connectivity index (χ0v) is 13.2. The molecule has 0 unspecified atom stereocenters. The summed E-state index contributed by atoms with van der Waals surface area (Å²) in [6.07, 6.45) is 0. The SMILES string of the molecule is CCOC(=O)/C(C#N)=C(/C)C1c2ccccc2-c2ccccc21. The second kappa shape index (κ2) is 6.10. The summed E-state index contributed by atoms with van der Waals surface area (Å²) in [5.74, 6) is -0.629. The largest absolute Gasteiger partial charge is 0.462 e. The summed E-state index contributed by atoms with van der Waals surface area (Å²) in [5.41, 5.74) is 5.42. The van der Waals surface area contributed by atoms with Gasteiger partial charge in [-0.2, -0.15) is 5.26 Å². The Labute approximate surface area is 135 Å². The number of ether oxygens (including phenoxy) is 1. The highest BCUT2D eigenvalue weighted by Gasteiger charge is 2.31. The van der Waals surface area contributed by atoms with Crippen molar-refractivity contribution in [2.24, 2.45) is 0 Å². The fourth-order valence-corrected chi connectivity index (χ4v) is 3.26. The zero-order chi connectivity index (χ0) is 16.4. The van der Waals surface area contributed by atoms with E-state index in [9.17, 15) is 10.1 Å². The lowest BCUT2D eigenvalue weighted by Crippen LogP contribution is -2.11. The number of hydrogen-bond donors (Lipinski definition) is 0. The number of carbonyl (C=O) groups excluding carboxylic acids is 1. The van der Waals surface area contributed by atoms with Gasteiger partial charge in [-0.25, -0.2) is 4.79 Å². The number of fused-ring (bicyclic) bond motifs is 3. The Bertz CT molecular complexity index is 797. The average Bonchev–Trinajstić information content (AvgIpc) is 2.90. The minimum Gasteiger partial charge on any atom is -0.462 e. The van der Waals surface area contributed by atoms with E-state index in [0.29, 0.717) is 0 Å². The molecule has 0 amide bonds. The van der Waals surface area contributed by atoms with E-state index in [1.807, 2.05) is 37.3 Å². The lowest BCUT2D eigenvalue weighted by atomic mass is 9.87. The van der Waals surface area contributed by atoms with Crippen LogP contribution in [0.15, 0.2) is 59.7 Å². The quantitative estimate of drug-likeness (QED) is 0.485. The van der Waals surface area contributed by atoms with Gasteiger partial charge in [0.1, 0.15) is 11.6 Å². The van der Waals surface area contributed by atoms with Gasteiger partial charge in [0.2, 0.25) is 0 Å². The number of carbonyl (C=O) groups is 1. The van der Waals surface area contributed by atoms with Crippen molar-refractivity contribution in [2.75, 3.05) is 6.61 Å². The molecule has 2 aromatic carbocycles. The predicted molar refractivity (Wildman–Crippen MR) is 88.7 cm³/mol. The summed E-state index contributed by atoms with van der Waals surface area (Å²) < 4.78 is 5.03. The Morgan fingerprint density at radius 2 is 1.61 bits per heavy atom. The molecule has 3 nitrogen and oxygen atoms in total. The predicted octanol–water partition coefficient (Wildman–Crippen LogP) is 4.20. The Kier molecular flexibility index (Phi) is 3.99. The highest BCUT2D eigenvalue weighted by Crippen LogP contribution is 2.48. The van der Waals surface area contributed by atoms with Gasteiger partial charge in [0.05, 0.1) is 6.61 Å². The third kappa shape index (κ3) is 2.43. The van der Waals surface area contributed by atoms with Crippen molar-refractivity contribution < 1.29 is 9.53 Å². The molecule has 3 heteroatoms. The van der Waals surface area contributed by atoms with Crippen LogP contribution in [0.4, 0.5) is 0 Å². The van der Waals surface area contributed by atoms with Crippen LogP contribution < -0.4 is 0 Å². The first kappa shape index (κ1) is 15.1. The molecule has 1 aliphatic rings. The van der Waals surface area contributed by atoms with E-state index in [1.54, 1.807) is 6.92 Å². The van der Waals surface area contributed by atoms with Crippen molar-refractivity contribution >= 4 is 5.97 Å². The fraction of sp³-hybridized carbons (Fsp3) is 0.200. The van der Waals surface area contributed by atoms with Crippen LogP contribution in [0.25, 0.3) is 11.1 Å². The normalized spacial score (nSPS) is 13.6. The molecular formula is C20H17NO2. The first-order chi connectivity index (χ1) is 11.2. The standard InChI is InChI=1S/C20H17NO2/c1-3-23-20(22)18(12-21)13(2)19-16-10-6-4-8-14(16)15-9-5-7-11-17(15)19/h4-11,19H,3H2,1-2H3/b18-13-. The third-order valence-electron chi connectivity index (χ3n) is 4.25. The summed E-state index contributed by atoms with van der Waals surface area (Å²) >= 11 is 0. The molecule has 0 radical (unpaired) electrons. The smallest absolute Gasteiger partial charge is 0.348 e. The van der Waals surface area contributed by atoms with Crippen LogP contribution in [0.3, 0.4) is 0 Å². The van der Waals surface area contributed by atoms with Gasteiger partial charge in [-0.05, 0) is 41.7 Å². The summed E-state index contributed by atoms with van der Waals surface area (Å²) in [4.78, 5) is 12.1. The van der Waals surface area contributed by atoms with Gasteiger partial charge in [-0.1, -0.05) is 48.5 Å². The first-order valence-corrected chi connectivity index (χ1v) is 7.65. The van der Waals surface area contributed by atoms with Gasteiger partial charge in [0.15, 0.2) is 0 Å². The van der Waals surface area contributed by atoms with E-state index in [2.05, 4.69) is 24.3 Å². The Morgan fingerprint density at radius 1 is 1.09 bits per heavy atom. The van der Waals surface area contributed by atoms with Gasteiger partial charge in [0, 0.05) is 5.92 Å². The lowest BCUT2D eigenvalue weighted by Gasteiger charge is -2.16. The number of nitriles is 1. The average molecular weight is 303 g/mol. The molecule has 0 atom stereocenters. The highest BCUT2D eigenvalue weighted by molar-refractivity contribution is 5.94. The van der Waals surface area contributed by atoms with E-state index in [4.69, 9.17) is 4.74 Å². The molecule has 1 aliphatic carbocycles. The highest BCUT2D eigenvalue weighted by atomic mass is 16.5. The number of nitrogens with zero attached hydrogens (tertiary/aromatic N) is 1. The van der Waals surface area contributed by atoms with E-state index in [1.165, 1.54) is 0 Å². The van der Waals surface area contributed by atoms with Crippen LogP contribution >= 0.6 is 0 Å². The van der Waals surface area contributed by atoms with Gasteiger partial charge in [-0.15, -0.1) is 0 Å². The topological polar surface area (TPSA) is 50.1 Å². The molecule has 0 N–H and O–H groups in total. The van der Waals surface area contributed by atoms with Gasteiger partial charge in [0.25, 0.3) is 0 Å². The van der Waals surface area contributed by atoms with Crippen LogP contribution in [0.2, 0.25) is 0 Å². The van der Waals surface area contributed by atoms with Crippen LogP contribution in [0, 0.1) is 11.3 Å². The number of esters is 1. The Balaban J connectivity index is 2.20. The van der Waals surface area contributed by atoms with Crippen LogP contribution in [-0.4, -0.2) is 12.6 Å². The molecular weight excluding hydrogens is 286 g/mol. The van der Waals surface area contributed by atoms with Crippen LogP contribution in [-0.2, 0) is 9.53 Å². The zero-order valence-electron chi connectivity index (χ0n) is 13.2. The second-order valence-corrected chi connectivity index (χ2v) is 5.50. The third-order valence-corrected chi connectivity index (χ3v) is 4.25. The van der Waals surface area contributed by atoms with Crippen molar-refractivity contribution in [2.45, 2.75) is 19.8 Å². The van der Waals surface area contributed by atoms with E-state index in [0.717, 1.165) is 27.8 Å². The molecule has 0 bridgehead atoms. The van der Waals surface area contributed by atoms with E-state index >= 15 is 0 Å². The molecule has 0 fully saturated rings. The van der Waals surface area contributed by atoms with Crippen molar-refractivity contribution in [1.29, 1.82) is 5.26 Å². The maximum atomic E-state index is 12.1. The molecule has 2 aromatic rings. The van der Waals surface area contributed by atoms with Gasteiger partial charge < -0.3 is 4.74 Å². The Hall–Kier alpha value is -2.86.